The molecule has 0 amide bonds. The predicted molar refractivity (Wildman–Crippen MR) is 69.6 cm³/mol. The second kappa shape index (κ2) is 5.18. The molecule has 0 bridgehead atoms. The van der Waals surface area contributed by atoms with E-state index >= 15 is 0 Å². The van der Waals surface area contributed by atoms with Crippen LogP contribution in [0.15, 0.2) is 6.33 Å². The lowest BCUT2D eigenvalue weighted by atomic mass is 9.86. The minimum absolute atomic E-state index is 0.105. The Hall–Kier alpha value is -1.23. The number of hydrogen-bond donors (Lipinski definition) is 1. The predicted octanol–water partition coefficient (Wildman–Crippen LogP) is 1.96. The van der Waals surface area contributed by atoms with Gasteiger partial charge in [-0.3, -0.25) is 4.79 Å². The summed E-state index contributed by atoms with van der Waals surface area (Å²) < 4.78 is 1.72. The molecule has 0 aliphatic carbocycles. The van der Waals surface area contributed by atoms with Crippen LogP contribution in [0.5, 0.6) is 0 Å². The van der Waals surface area contributed by atoms with E-state index in [0.717, 1.165) is 32.2 Å². The van der Waals surface area contributed by atoms with E-state index in [0.29, 0.717) is 5.82 Å². The highest BCUT2D eigenvalue weighted by Gasteiger charge is 2.42. The molecule has 2 heterocycles. The zero-order valence-corrected chi connectivity index (χ0v) is 11.4. The molecule has 0 spiro atoms. The molecule has 1 unspecified atom stereocenters. The van der Waals surface area contributed by atoms with Crippen molar-refractivity contribution in [3.8, 4) is 0 Å². The Morgan fingerprint density at radius 2 is 2.39 bits per heavy atom. The zero-order valence-electron chi connectivity index (χ0n) is 11.4. The van der Waals surface area contributed by atoms with Crippen molar-refractivity contribution in [3.05, 3.63) is 12.2 Å². The van der Waals surface area contributed by atoms with E-state index in [9.17, 15) is 4.79 Å². The number of ketones is 1. The normalized spacial score (nSPS) is 23.8. The number of carbonyl (C=O) groups is 1. The Morgan fingerprint density at radius 3 is 2.94 bits per heavy atom. The van der Waals surface area contributed by atoms with Crippen LogP contribution in [0.3, 0.4) is 0 Å². The van der Waals surface area contributed by atoms with Crippen LogP contribution in [0.25, 0.3) is 0 Å². The Kier molecular flexibility index (Phi) is 3.80. The fourth-order valence-electron chi connectivity index (χ4n) is 2.76. The number of nitrogens with zero attached hydrogens (tertiary/aromatic N) is 3. The van der Waals surface area contributed by atoms with Crippen LogP contribution in [-0.2, 0) is 0 Å². The molecule has 1 aliphatic heterocycles. The molecule has 1 aromatic rings. The summed E-state index contributed by atoms with van der Waals surface area (Å²) in [5.41, 5.74) is -0.408. The van der Waals surface area contributed by atoms with Crippen molar-refractivity contribution in [2.75, 3.05) is 6.54 Å². The Morgan fingerprint density at radius 1 is 1.61 bits per heavy atom. The van der Waals surface area contributed by atoms with E-state index in [4.69, 9.17) is 0 Å². The lowest BCUT2D eigenvalue weighted by Gasteiger charge is -2.27. The van der Waals surface area contributed by atoms with Crippen LogP contribution in [0.1, 0.15) is 63.1 Å². The Labute approximate surface area is 108 Å². The smallest absolute Gasteiger partial charge is 0.219 e. The van der Waals surface area contributed by atoms with Crippen LogP contribution in [0, 0.1) is 0 Å². The maximum atomic E-state index is 12.8. The number of aromatic nitrogens is 3. The Balaban J connectivity index is 2.31. The van der Waals surface area contributed by atoms with Gasteiger partial charge in [0.15, 0.2) is 5.82 Å². The van der Waals surface area contributed by atoms with Gasteiger partial charge in [-0.1, -0.05) is 13.3 Å². The molecule has 1 saturated heterocycles. The van der Waals surface area contributed by atoms with Crippen molar-refractivity contribution in [1.29, 1.82) is 0 Å². The summed E-state index contributed by atoms with van der Waals surface area (Å²) in [7, 11) is 0. The summed E-state index contributed by atoms with van der Waals surface area (Å²) in [5, 5.41) is 7.55. The maximum absolute atomic E-state index is 12.8. The summed E-state index contributed by atoms with van der Waals surface area (Å²) >= 11 is 0. The molecule has 1 aromatic heterocycles. The first-order chi connectivity index (χ1) is 8.60. The van der Waals surface area contributed by atoms with Crippen LogP contribution in [0.2, 0.25) is 0 Å². The molecule has 0 aromatic carbocycles. The van der Waals surface area contributed by atoms with Crippen LogP contribution in [-0.4, -0.2) is 32.6 Å². The minimum atomic E-state index is -0.408. The fraction of sp³-hybridized carbons (Fsp3) is 0.769. The van der Waals surface area contributed by atoms with Gasteiger partial charge in [-0.05, 0) is 39.7 Å². The molecule has 0 radical (unpaired) electrons. The van der Waals surface area contributed by atoms with Gasteiger partial charge in [-0.15, -0.1) is 0 Å². The molecule has 2 rings (SSSR count). The third kappa shape index (κ3) is 2.19. The molecule has 1 aliphatic rings. The van der Waals surface area contributed by atoms with Crippen molar-refractivity contribution in [1.82, 2.24) is 20.1 Å². The molecule has 1 fully saturated rings. The second-order valence-electron chi connectivity index (χ2n) is 5.31. The summed E-state index contributed by atoms with van der Waals surface area (Å²) in [6, 6.07) is 0.159. The summed E-state index contributed by atoms with van der Waals surface area (Å²) in [6.45, 7) is 7.06. The monoisotopic (exact) mass is 250 g/mol. The molecule has 1 N–H and O–H groups in total. The SMILES string of the molecule is CCCC1(C(=O)c2ncnn2C(C)C)CCCN1. The average Bonchev–Trinajstić information content (AvgIpc) is 2.97. The van der Waals surface area contributed by atoms with E-state index in [1.807, 2.05) is 13.8 Å². The van der Waals surface area contributed by atoms with Crippen molar-refractivity contribution >= 4 is 5.78 Å². The fourth-order valence-corrected chi connectivity index (χ4v) is 2.76. The molecule has 100 valence electrons. The highest BCUT2D eigenvalue weighted by molar-refractivity contribution is 6.00. The first kappa shape index (κ1) is 13.2. The standard InChI is InChI=1S/C13H22N4O/c1-4-6-13(7-5-8-15-13)11(18)12-14-9-16-17(12)10(2)3/h9-10,15H,4-8H2,1-3H3. The lowest BCUT2D eigenvalue weighted by molar-refractivity contribution is 0.0838. The number of Topliss-reactive ketones (excluding diaryl/α,β-unsaturated/α-hetero) is 1. The number of carbonyl (C=O) groups excluding carboxylic acids is 1. The second-order valence-corrected chi connectivity index (χ2v) is 5.31. The van der Waals surface area contributed by atoms with E-state index < -0.39 is 5.54 Å². The average molecular weight is 250 g/mol. The highest BCUT2D eigenvalue weighted by atomic mass is 16.1. The number of rotatable bonds is 5. The minimum Gasteiger partial charge on any atom is -0.305 e. The quantitative estimate of drug-likeness (QED) is 0.812. The molecule has 5 heteroatoms. The van der Waals surface area contributed by atoms with Gasteiger partial charge in [-0.2, -0.15) is 5.10 Å². The maximum Gasteiger partial charge on any atom is 0.219 e. The summed E-state index contributed by atoms with van der Waals surface area (Å²) in [4.78, 5) is 16.9. The van der Waals surface area contributed by atoms with Gasteiger partial charge in [0.2, 0.25) is 5.78 Å². The van der Waals surface area contributed by atoms with Gasteiger partial charge in [0, 0.05) is 6.04 Å². The first-order valence-electron chi connectivity index (χ1n) is 6.80. The van der Waals surface area contributed by atoms with E-state index in [1.165, 1.54) is 6.33 Å². The topological polar surface area (TPSA) is 59.8 Å². The summed E-state index contributed by atoms with van der Waals surface area (Å²) in [5.74, 6) is 0.598. The first-order valence-corrected chi connectivity index (χ1v) is 6.80. The van der Waals surface area contributed by atoms with Gasteiger partial charge in [0.25, 0.3) is 0 Å². The van der Waals surface area contributed by atoms with Crippen molar-refractivity contribution < 1.29 is 4.79 Å². The number of nitrogens with one attached hydrogen (secondary N) is 1. The van der Waals surface area contributed by atoms with E-state index in [-0.39, 0.29) is 11.8 Å². The van der Waals surface area contributed by atoms with E-state index in [1.54, 1.807) is 4.68 Å². The van der Waals surface area contributed by atoms with Crippen molar-refractivity contribution in [3.63, 3.8) is 0 Å². The van der Waals surface area contributed by atoms with E-state index in [2.05, 4.69) is 22.3 Å². The zero-order chi connectivity index (χ0) is 13.2. The van der Waals surface area contributed by atoms with Crippen LogP contribution in [0.4, 0.5) is 0 Å². The molecule has 1 atom stereocenters. The molecule has 0 saturated carbocycles. The third-order valence-electron chi connectivity index (χ3n) is 3.62. The van der Waals surface area contributed by atoms with Crippen molar-refractivity contribution in [2.24, 2.45) is 0 Å². The highest BCUT2D eigenvalue weighted by Crippen LogP contribution is 2.28. The lowest BCUT2D eigenvalue weighted by Crippen LogP contribution is -2.48. The van der Waals surface area contributed by atoms with Crippen molar-refractivity contribution in [2.45, 2.75) is 58.0 Å². The Bertz CT molecular complexity index is 418. The number of hydrogen-bond acceptors (Lipinski definition) is 4. The molecule has 18 heavy (non-hydrogen) atoms. The molecule has 5 nitrogen and oxygen atoms in total. The summed E-state index contributed by atoms with van der Waals surface area (Å²) in [6.07, 6.45) is 5.30. The molecular formula is C13H22N4O. The largest absolute Gasteiger partial charge is 0.305 e. The van der Waals surface area contributed by atoms with Gasteiger partial charge in [-0.25, -0.2) is 9.67 Å². The van der Waals surface area contributed by atoms with Gasteiger partial charge in [0.1, 0.15) is 6.33 Å². The van der Waals surface area contributed by atoms with Gasteiger partial charge in [0.05, 0.1) is 5.54 Å². The molecular weight excluding hydrogens is 228 g/mol. The van der Waals surface area contributed by atoms with Gasteiger partial charge >= 0.3 is 0 Å². The van der Waals surface area contributed by atoms with Gasteiger partial charge < -0.3 is 5.32 Å². The van der Waals surface area contributed by atoms with Crippen LogP contribution < -0.4 is 5.32 Å². The third-order valence-corrected chi connectivity index (χ3v) is 3.62. The van der Waals surface area contributed by atoms with Crippen LogP contribution >= 0.6 is 0 Å².